The summed E-state index contributed by atoms with van der Waals surface area (Å²) in [5, 5.41) is 0. The predicted molar refractivity (Wildman–Crippen MR) is 55.9 cm³/mol. The molecule has 0 bridgehead atoms. The Bertz CT molecular complexity index is 209. The van der Waals surface area contributed by atoms with Crippen LogP contribution in [-0.4, -0.2) is 35.0 Å². The molecule has 2 N–H and O–H groups in total. The normalized spacial score (nSPS) is 11.9. The molecule has 82 valence electrons. The number of nitrogens with two attached hydrogens (primary N) is 1. The first-order valence-electron chi connectivity index (χ1n) is 4.34. The molecule has 0 spiro atoms. The topological polar surface area (TPSA) is 72.6 Å². The zero-order valence-electron chi connectivity index (χ0n) is 8.33. The number of nitrogens with zero attached hydrogens (tertiary/aromatic N) is 1. The number of amides is 2. The summed E-state index contributed by atoms with van der Waals surface area (Å²) in [6.07, 6.45) is 0.159. The van der Waals surface area contributed by atoms with Crippen molar-refractivity contribution in [1.29, 1.82) is 0 Å². The van der Waals surface area contributed by atoms with Crippen molar-refractivity contribution in [2.45, 2.75) is 25.2 Å². The number of hydrogen-bond acceptors (Lipinski definition) is 3. The van der Waals surface area contributed by atoms with Crippen LogP contribution >= 0.6 is 15.9 Å². The van der Waals surface area contributed by atoms with E-state index in [0.29, 0.717) is 6.61 Å². The summed E-state index contributed by atoms with van der Waals surface area (Å²) in [5.74, 6) is -0.327. The highest BCUT2D eigenvalue weighted by atomic mass is 79.9. The second kappa shape index (κ2) is 6.64. The number of carbonyl (C=O) groups excluding carboxylic acids is 2. The molecule has 1 atom stereocenters. The molecular formula is C8H15BrN2O3. The quantitative estimate of drug-likeness (QED) is 0.460. The molecule has 2 amide bonds. The number of hydrogen-bond donors (Lipinski definition) is 1. The van der Waals surface area contributed by atoms with Crippen LogP contribution in [0.15, 0.2) is 0 Å². The summed E-state index contributed by atoms with van der Waals surface area (Å²) < 4.78 is 4.72. The van der Waals surface area contributed by atoms with Gasteiger partial charge < -0.3 is 15.4 Å². The largest absolute Gasteiger partial charge is 0.466 e. The molecule has 0 aromatic carbocycles. The Morgan fingerprint density at radius 3 is 2.50 bits per heavy atom. The zero-order chi connectivity index (χ0) is 11.1. The van der Waals surface area contributed by atoms with E-state index in [1.165, 1.54) is 4.90 Å². The van der Waals surface area contributed by atoms with E-state index in [0.717, 1.165) is 0 Å². The SMILES string of the molecule is CCOC(=O)CCN(C(N)=O)C(C)Br. The van der Waals surface area contributed by atoms with Crippen molar-refractivity contribution in [2.75, 3.05) is 13.2 Å². The fourth-order valence-corrected chi connectivity index (χ4v) is 1.31. The molecule has 14 heavy (non-hydrogen) atoms. The minimum Gasteiger partial charge on any atom is -0.466 e. The lowest BCUT2D eigenvalue weighted by Gasteiger charge is -2.22. The molecule has 0 aromatic rings. The van der Waals surface area contributed by atoms with Gasteiger partial charge in [-0.15, -0.1) is 0 Å². The van der Waals surface area contributed by atoms with Gasteiger partial charge in [-0.2, -0.15) is 0 Å². The smallest absolute Gasteiger partial charge is 0.315 e. The second-order valence-electron chi connectivity index (χ2n) is 2.66. The summed E-state index contributed by atoms with van der Waals surface area (Å²) in [6.45, 7) is 4.10. The molecule has 0 aliphatic rings. The molecule has 0 aliphatic carbocycles. The number of alkyl halides is 1. The van der Waals surface area contributed by atoms with Gasteiger partial charge in [-0.05, 0) is 13.8 Å². The van der Waals surface area contributed by atoms with E-state index in [9.17, 15) is 9.59 Å². The predicted octanol–water partition coefficient (Wildman–Crippen LogP) is 1.06. The average Bonchev–Trinajstić information content (AvgIpc) is 2.03. The lowest BCUT2D eigenvalue weighted by Crippen LogP contribution is -2.40. The molecule has 0 radical (unpaired) electrons. The van der Waals surface area contributed by atoms with E-state index in [1.807, 2.05) is 0 Å². The molecular weight excluding hydrogens is 252 g/mol. The highest BCUT2D eigenvalue weighted by Gasteiger charge is 2.16. The van der Waals surface area contributed by atoms with Gasteiger partial charge in [-0.25, -0.2) is 4.79 Å². The van der Waals surface area contributed by atoms with Crippen molar-refractivity contribution in [2.24, 2.45) is 5.73 Å². The van der Waals surface area contributed by atoms with Crippen LogP contribution in [0, 0.1) is 0 Å². The molecule has 0 saturated heterocycles. The Balaban J connectivity index is 3.94. The highest BCUT2D eigenvalue weighted by Crippen LogP contribution is 2.06. The van der Waals surface area contributed by atoms with E-state index in [4.69, 9.17) is 10.5 Å². The molecule has 0 saturated carbocycles. The molecule has 5 nitrogen and oxygen atoms in total. The monoisotopic (exact) mass is 266 g/mol. The average molecular weight is 267 g/mol. The maximum atomic E-state index is 11.0. The molecule has 0 rings (SSSR count). The Hall–Kier alpha value is -0.780. The van der Waals surface area contributed by atoms with E-state index in [-0.39, 0.29) is 23.9 Å². The number of rotatable bonds is 5. The number of halogens is 1. The number of ether oxygens (including phenoxy) is 1. The van der Waals surface area contributed by atoms with Crippen LogP contribution in [0.25, 0.3) is 0 Å². The zero-order valence-corrected chi connectivity index (χ0v) is 9.91. The van der Waals surface area contributed by atoms with Gasteiger partial charge in [-0.1, -0.05) is 15.9 Å². The molecule has 1 unspecified atom stereocenters. The fourth-order valence-electron chi connectivity index (χ4n) is 0.908. The Morgan fingerprint density at radius 2 is 2.14 bits per heavy atom. The first kappa shape index (κ1) is 13.2. The summed E-state index contributed by atoms with van der Waals surface area (Å²) in [6, 6.07) is -0.557. The summed E-state index contributed by atoms with van der Waals surface area (Å²) in [7, 11) is 0. The van der Waals surface area contributed by atoms with Gasteiger partial charge in [0, 0.05) is 6.54 Å². The van der Waals surface area contributed by atoms with E-state index in [1.54, 1.807) is 13.8 Å². The number of primary amides is 1. The summed E-state index contributed by atoms with van der Waals surface area (Å²) in [5.41, 5.74) is 5.10. The number of esters is 1. The van der Waals surface area contributed by atoms with Crippen LogP contribution < -0.4 is 5.73 Å². The van der Waals surface area contributed by atoms with Crippen molar-refractivity contribution in [3.8, 4) is 0 Å². The van der Waals surface area contributed by atoms with Crippen molar-refractivity contribution < 1.29 is 14.3 Å². The summed E-state index contributed by atoms with van der Waals surface area (Å²) in [4.78, 5) is 23.0. The van der Waals surface area contributed by atoms with Crippen LogP contribution in [0.5, 0.6) is 0 Å². The van der Waals surface area contributed by atoms with Gasteiger partial charge in [0.1, 0.15) is 0 Å². The Kier molecular flexibility index (Phi) is 6.27. The van der Waals surface area contributed by atoms with Crippen molar-refractivity contribution >= 4 is 27.9 Å². The Labute approximate surface area is 91.7 Å². The maximum Gasteiger partial charge on any atom is 0.315 e. The maximum absolute atomic E-state index is 11.0. The second-order valence-corrected chi connectivity index (χ2v) is 3.99. The van der Waals surface area contributed by atoms with Crippen LogP contribution in [0.4, 0.5) is 4.79 Å². The van der Waals surface area contributed by atoms with Crippen molar-refractivity contribution in [3.05, 3.63) is 0 Å². The van der Waals surface area contributed by atoms with Crippen LogP contribution in [0.3, 0.4) is 0 Å². The molecule has 0 fully saturated rings. The number of carbonyl (C=O) groups is 2. The van der Waals surface area contributed by atoms with E-state index in [2.05, 4.69) is 15.9 Å². The van der Waals surface area contributed by atoms with Gasteiger partial charge in [0.25, 0.3) is 0 Å². The first-order chi connectivity index (χ1) is 6.49. The van der Waals surface area contributed by atoms with Crippen LogP contribution in [0.1, 0.15) is 20.3 Å². The van der Waals surface area contributed by atoms with Gasteiger partial charge in [0.2, 0.25) is 0 Å². The van der Waals surface area contributed by atoms with E-state index >= 15 is 0 Å². The fraction of sp³-hybridized carbons (Fsp3) is 0.750. The first-order valence-corrected chi connectivity index (χ1v) is 5.26. The standard InChI is InChI=1S/C8H15BrN2O3/c1-3-14-7(12)4-5-11(6(2)9)8(10)13/h6H,3-5H2,1-2H3,(H2,10,13). The molecule has 0 heterocycles. The van der Waals surface area contributed by atoms with Crippen molar-refractivity contribution in [3.63, 3.8) is 0 Å². The van der Waals surface area contributed by atoms with Crippen LogP contribution in [0.2, 0.25) is 0 Å². The molecule has 0 aliphatic heterocycles. The lowest BCUT2D eigenvalue weighted by molar-refractivity contribution is -0.143. The third-order valence-corrected chi connectivity index (χ3v) is 2.07. The third kappa shape index (κ3) is 5.06. The molecule has 6 heteroatoms. The minimum atomic E-state index is -0.557. The lowest BCUT2D eigenvalue weighted by atomic mass is 10.4. The third-order valence-electron chi connectivity index (χ3n) is 1.57. The van der Waals surface area contributed by atoms with Gasteiger partial charge in [0.15, 0.2) is 0 Å². The van der Waals surface area contributed by atoms with Gasteiger partial charge in [-0.3, -0.25) is 4.79 Å². The van der Waals surface area contributed by atoms with Gasteiger partial charge in [0.05, 0.1) is 18.0 Å². The van der Waals surface area contributed by atoms with E-state index < -0.39 is 6.03 Å². The highest BCUT2D eigenvalue weighted by molar-refractivity contribution is 9.09. The number of urea groups is 1. The minimum absolute atomic E-state index is 0.159. The Morgan fingerprint density at radius 1 is 1.57 bits per heavy atom. The van der Waals surface area contributed by atoms with Crippen LogP contribution in [-0.2, 0) is 9.53 Å². The molecule has 0 aromatic heterocycles. The summed E-state index contributed by atoms with van der Waals surface area (Å²) >= 11 is 3.20. The van der Waals surface area contributed by atoms with Gasteiger partial charge >= 0.3 is 12.0 Å². The van der Waals surface area contributed by atoms with Crippen molar-refractivity contribution in [1.82, 2.24) is 4.90 Å².